The Kier molecular flexibility index (Phi) is 4.57. The summed E-state index contributed by atoms with van der Waals surface area (Å²) in [5.74, 6) is -0.115. The van der Waals surface area contributed by atoms with Gasteiger partial charge in [-0.25, -0.2) is 0 Å². The second kappa shape index (κ2) is 6.45. The molecule has 0 radical (unpaired) electrons. The highest BCUT2D eigenvalue weighted by Gasteiger charge is 2.27. The molecule has 2 atom stereocenters. The second-order valence-corrected chi connectivity index (χ2v) is 7.16. The maximum atomic E-state index is 11.9. The minimum Gasteiger partial charge on any atom is -0.503 e. The first-order valence-electron chi connectivity index (χ1n) is 8.76. The van der Waals surface area contributed by atoms with Crippen LogP contribution in [0.25, 0.3) is 0 Å². The van der Waals surface area contributed by atoms with Gasteiger partial charge in [-0.15, -0.1) is 0 Å². The van der Waals surface area contributed by atoms with Crippen LogP contribution in [0.5, 0.6) is 5.75 Å². The first-order valence-corrected chi connectivity index (χ1v) is 8.76. The van der Waals surface area contributed by atoms with Gasteiger partial charge in [0, 0.05) is 36.4 Å². The number of aromatic hydroxyl groups is 1. The zero-order valence-corrected chi connectivity index (χ0v) is 13.8. The van der Waals surface area contributed by atoms with Crippen molar-refractivity contribution in [1.29, 1.82) is 0 Å². The van der Waals surface area contributed by atoms with Gasteiger partial charge < -0.3 is 9.67 Å². The summed E-state index contributed by atoms with van der Waals surface area (Å²) in [6.07, 6.45) is 10.2. The van der Waals surface area contributed by atoms with Gasteiger partial charge in [-0.3, -0.25) is 9.69 Å². The molecule has 0 amide bonds. The quantitative estimate of drug-likeness (QED) is 0.930. The summed E-state index contributed by atoms with van der Waals surface area (Å²) in [7, 11) is 0. The molecular weight excluding hydrogens is 276 g/mol. The van der Waals surface area contributed by atoms with Crippen molar-refractivity contribution in [1.82, 2.24) is 9.47 Å². The molecular formula is C18H28N2O2. The van der Waals surface area contributed by atoms with Crippen LogP contribution >= 0.6 is 0 Å². The zero-order chi connectivity index (χ0) is 15.7. The number of likely N-dealkylation sites (tertiary alicyclic amines) is 1. The van der Waals surface area contributed by atoms with Crippen LogP contribution in [0.15, 0.2) is 17.1 Å². The van der Waals surface area contributed by atoms with Crippen LogP contribution in [0.4, 0.5) is 0 Å². The van der Waals surface area contributed by atoms with E-state index in [1.54, 1.807) is 12.3 Å². The molecule has 1 N–H and O–H groups in total. The molecule has 122 valence electrons. The molecule has 2 aliphatic rings. The van der Waals surface area contributed by atoms with Crippen LogP contribution in [0.3, 0.4) is 0 Å². The lowest BCUT2D eigenvalue weighted by Gasteiger charge is -2.39. The molecule has 22 heavy (non-hydrogen) atoms. The molecule has 1 aliphatic carbocycles. The molecule has 1 aromatic rings. The van der Waals surface area contributed by atoms with Gasteiger partial charge >= 0.3 is 0 Å². The summed E-state index contributed by atoms with van der Waals surface area (Å²) in [6, 6.07) is 3.22. The Morgan fingerprint density at radius 1 is 1.09 bits per heavy atom. The third-order valence-corrected chi connectivity index (χ3v) is 5.58. The third kappa shape index (κ3) is 3.07. The van der Waals surface area contributed by atoms with Crippen molar-refractivity contribution in [3.05, 3.63) is 28.2 Å². The Morgan fingerprint density at radius 3 is 2.36 bits per heavy atom. The fourth-order valence-corrected chi connectivity index (χ4v) is 4.20. The van der Waals surface area contributed by atoms with Gasteiger partial charge in [-0.1, -0.05) is 19.3 Å². The van der Waals surface area contributed by atoms with Gasteiger partial charge in [-0.05, 0) is 39.5 Å². The fourth-order valence-electron chi connectivity index (χ4n) is 4.20. The topological polar surface area (TPSA) is 45.5 Å². The molecule has 0 aromatic carbocycles. The number of pyridine rings is 1. The molecule has 2 fully saturated rings. The Morgan fingerprint density at radius 2 is 1.73 bits per heavy atom. The lowest BCUT2D eigenvalue weighted by atomic mass is 9.97. The Balaban J connectivity index is 1.91. The van der Waals surface area contributed by atoms with E-state index in [1.807, 2.05) is 0 Å². The second-order valence-electron chi connectivity index (χ2n) is 7.16. The molecule has 2 unspecified atom stereocenters. The highest BCUT2D eigenvalue weighted by molar-refractivity contribution is 5.21. The molecule has 4 heteroatoms. The maximum absolute atomic E-state index is 11.9. The highest BCUT2D eigenvalue weighted by atomic mass is 16.3. The Hall–Kier alpha value is -1.29. The standard InChI is InChI=1S/C18H28N2O2/c1-13-6-5-7-14(2)19(13)11-16-10-17(21)18(22)12-20(16)15-8-3-4-9-15/h10,12-15,22H,3-9,11H2,1-2H3. The Bertz CT molecular complexity index is 565. The van der Waals surface area contributed by atoms with Crippen LogP contribution in [0.2, 0.25) is 0 Å². The van der Waals surface area contributed by atoms with Crippen molar-refractivity contribution in [2.75, 3.05) is 0 Å². The van der Waals surface area contributed by atoms with Crippen molar-refractivity contribution in [2.45, 2.75) is 83.5 Å². The fraction of sp³-hybridized carbons (Fsp3) is 0.722. The molecule has 2 heterocycles. The number of piperidine rings is 1. The van der Waals surface area contributed by atoms with E-state index in [-0.39, 0.29) is 11.2 Å². The van der Waals surface area contributed by atoms with Crippen molar-refractivity contribution in [3.63, 3.8) is 0 Å². The van der Waals surface area contributed by atoms with Crippen LogP contribution in [-0.4, -0.2) is 26.7 Å². The lowest BCUT2D eigenvalue weighted by molar-refractivity contribution is 0.0915. The van der Waals surface area contributed by atoms with E-state index in [0.717, 1.165) is 25.1 Å². The molecule has 1 saturated heterocycles. The minimum absolute atomic E-state index is 0.115. The highest BCUT2D eigenvalue weighted by Crippen LogP contribution is 2.32. The summed E-state index contributed by atoms with van der Waals surface area (Å²) in [5, 5.41) is 9.85. The lowest BCUT2D eigenvalue weighted by Crippen LogP contribution is -2.43. The summed E-state index contributed by atoms with van der Waals surface area (Å²) < 4.78 is 2.18. The number of hydrogen-bond donors (Lipinski definition) is 1. The van der Waals surface area contributed by atoms with E-state index in [0.29, 0.717) is 18.1 Å². The van der Waals surface area contributed by atoms with Crippen molar-refractivity contribution in [2.24, 2.45) is 0 Å². The zero-order valence-electron chi connectivity index (χ0n) is 13.8. The van der Waals surface area contributed by atoms with Gasteiger partial charge in [-0.2, -0.15) is 0 Å². The van der Waals surface area contributed by atoms with E-state index >= 15 is 0 Å². The normalized spacial score (nSPS) is 27.4. The number of nitrogens with zero attached hydrogens (tertiary/aromatic N) is 2. The monoisotopic (exact) mass is 304 g/mol. The van der Waals surface area contributed by atoms with E-state index in [4.69, 9.17) is 0 Å². The third-order valence-electron chi connectivity index (χ3n) is 5.58. The van der Waals surface area contributed by atoms with Crippen LogP contribution < -0.4 is 5.43 Å². The molecule has 1 saturated carbocycles. The summed E-state index contributed by atoms with van der Waals surface area (Å²) in [5.41, 5.74) is 0.817. The molecule has 4 nitrogen and oxygen atoms in total. The molecule has 3 rings (SSSR count). The number of rotatable bonds is 3. The first kappa shape index (κ1) is 15.6. The van der Waals surface area contributed by atoms with Gasteiger partial charge in [0.2, 0.25) is 5.43 Å². The molecule has 1 aliphatic heterocycles. The number of aromatic nitrogens is 1. The van der Waals surface area contributed by atoms with E-state index in [1.165, 1.54) is 32.1 Å². The summed E-state index contributed by atoms with van der Waals surface area (Å²) >= 11 is 0. The van der Waals surface area contributed by atoms with Gasteiger partial charge in [0.1, 0.15) is 0 Å². The van der Waals surface area contributed by atoms with E-state index in [2.05, 4.69) is 23.3 Å². The predicted octanol–water partition coefficient (Wildman–Crippen LogP) is 3.43. The average Bonchev–Trinajstić information content (AvgIpc) is 3.00. The van der Waals surface area contributed by atoms with Crippen LogP contribution in [-0.2, 0) is 6.54 Å². The number of hydrogen-bond acceptors (Lipinski definition) is 3. The summed E-state index contributed by atoms with van der Waals surface area (Å²) in [4.78, 5) is 14.4. The summed E-state index contributed by atoms with van der Waals surface area (Å²) in [6.45, 7) is 5.39. The smallest absolute Gasteiger partial charge is 0.223 e. The first-order chi connectivity index (χ1) is 10.6. The van der Waals surface area contributed by atoms with Gasteiger partial charge in [0.05, 0.1) is 6.20 Å². The molecule has 0 spiro atoms. The van der Waals surface area contributed by atoms with Crippen LogP contribution in [0.1, 0.15) is 70.5 Å². The SMILES string of the molecule is CC1CCCC(C)N1Cc1cc(=O)c(O)cn1C1CCCC1. The maximum Gasteiger partial charge on any atom is 0.223 e. The van der Waals surface area contributed by atoms with Crippen LogP contribution in [0, 0.1) is 0 Å². The van der Waals surface area contributed by atoms with Crippen molar-refractivity contribution < 1.29 is 5.11 Å². The predicted molar refractivity (Wildman–Crippen MR) is 88.2 cm³/mol. The molecule has 1 aromatic heterocycles. The van der Waals surface area contributed by atoms with E-state index < -0.39 is 0 Å². The Labute approximate surface area is 132 Å². The minimum atomic E-state index is -0.249. The average molecular weight is 304 g/mol. The largest absolute Gasteiger partial charge is 0.503 e. The van der Waals surface area contributed by atoms with Gasteiger partial charge in [0.25, 0.3) is 0 Å². The van der Waals surface area contributed by atoms with Crippen molar-refractivity contribution in [3.8, 4) is 5.75 Å². The van der Waals surface area contributed by atoms with Crippen molar-refractivity contribution >= 4 is 0 Å². The molecule has 0 bridgehead atoms. The van der Waals surface area contributed by atoms with E-state index in [9.17, 15) is 9.90 Å². The van der Waals surface area contributed by atoms with Gasteiger partial charge in [0.15, 0.2) is 5.75 Å².